The highest BCUT2D eigenvalue weighted by Crippen LogP contribution is 2.38. The smallest absolute Gasteiger partial charge is 0.164 e. The van der Waals surface area contributed by atoms with Crippen LogP contribution in [0.4, 0.5) is 0 Å². The molecule has 0 aliphatic rings. The third-order valence-corrected chi connectivity index (χ3v) is 9.10. The Morgan fingerprint density at radius 1 is 0.300 bits per heavy atom. The quantitative estimate of drug-likeness (QED) is 0.170. The fourth-order valence-electron chi connectivity index (χ4n) is 6.62. The Kier molecular flexibility index (Phi) is 7.45. The molecule has 50 heavy (non-hydrogen) atoms. The molecule has 4 heteroatoms. The number of benzene rings is 7. The zero-order chi connectivity index (χ0) is 33.3. The summed E-state index contributed by atoms with van der Waals surface area (Å²) in [5.74, 6) is 1.88. The van der Waals surface area contributed by atoms with Crippen LogP contribution in [-0.4, -0.2) is 19.9 Å². The summed E-state index contributed by atoms with van der Waals surface area (Å²) in [6.07, 6.45) is 0. The van der Waals surface area contributed by atoms with Gasteiger partial charge in [0.15, 0.2) is 17.5 Å². The first kappa shape index (κ1) is 29.4. The van der Waals surface area contributed by atoms with Crippen LogP contribution in [0.2, 0.25) is 0 Å². The second-order valence-electron chi connectivity index (χ2n) is 12.3. The zero-order valence-electron chi connectivity index (χ0n) is 27.1. The van der Waals surface area contributed by atoms with Gasteiger partial charge in [-0.15, -0.1) is 0 Å². The molecule has 0 aliphatic heterocycles. The fraction of sp³-hybridized carbons (Fsp3) is 0. The van der Waals surface area contributed by atoms with Gasteiger partial charge in [0.1, 0.15) is 0 Å². The van der Waals surface area contributed by atoms with Crippen molar-refractivity contribution in [3.05, 3.63) is 182 Å². The van der Waals surface area contributed by atoms with Crippen molar-refractivity contribution in [2.75, 3.05) is 0 Å². The summed E-state index contributed by atoms with van der Waals surface area (Å²) in [4.78, 5) is 20.4. The van der Waals surface area contributed by atoms with Gasteiger partial charge in [0, 0.05) is 27.6 Å². The molecule has 4 nitrogen and oxygen atoms in total. The molecule has 2 heterocycles. The maximum atomic E-state index is 5.18. The molecule has 0 atom stereocenters. The number of fused-ring (bicyclic) bond motifs is 3. The van der Waals surface area contributed by atoms with Crippen molar-refractivity contribution < 1.29 is 0 Å². The lowest BCUT2D eigenvalue weighted by molar-refractivity contribution is 1.07. The molecule has 0 unspecified atom stereocenters. The van der Waals surface area contributed by atoms with E-state index in [1.807, 2.05) is 42.5 Å². The van der Waals surface area contributed by atoms with Gasteiger partial charge in [-0.1, -0.05) is 158 Å². The molecule has 9 rings (SSSR count). The second-order valence-corrected chi connectivity index (χ2v) is 12.3. The van der Waals surface area contributed by atoms with E-state index in [2.05, 4.69) is 140 Å². The summed E-state index contributed by atoms with van der Waals surface area (Å²) in [7, 11) is 0. The summed E-state index contributed by atoms with van der Waals surface area (Å²) in [6, 6.07) is 62.8. The van der Waals surface area contributed by atoms with Crippen LogP contribution in [0, 0.1) is 0 Å². The van der Waals surface area contributed by atoms with Crippen LogP contribution >= 0.6 is 0 Å². The zero-order valence-corrected chi connectivity index (χ0v) is 27.1. The maximum Gasteiger partial charge on any atom is 0.164 e. The molecule has 0 bridgehead atoms. The summed E-state index contributed by atoms with van der Waals surface area (Å²) in [5, 5.41) is 3.32. The highest BCUT2D eigenvalue weighted by molar-refractivity contribution is 6.14. The lowest BCUT2D eigenvalue weighted by Gasteiger charge is -2.14. The Hall–Kier alpha value is -6.78. The van der Waals surface area contributed by atoms with Crippen molar-refractivity contribution >= 4 is 21.7 Å². The van der Waals surface area contributed by atoms with E-state index in [0.29, 0.717) is 17.5 Å². The minimum absolute atomic E-state index is 0.619. The van der Waals surface area contributed by atoms with Crippen molar-refractivity contribution in [3.8, 4) is 67.7 Å². The first-order valence-electron chi connectivity index (χ1n) is 16.7. The SMILES string of the molecule is c1ccc(-c2cccc(-c3nc(-c4ccccc4)nc(-c4ccc5ccc6nc(-c7ccccc7)cc(-c7ccccc7)c6c5c4)n3)c2)cc1. The van der Waals surface area contributed by atoms with Gasteiger partial charge >= 0.3 is 0 Å². The number of aromatic nitrogens is 4. The van der Waals surface area contributed by atoms with Crippen LogP contribution in [0.15, 0.2) is 182 Å². The van der Waals surface area contributed by atoms with E-state index in [0.717, 1.165) is 71.9 Å². The number of hydrogen-bond acceptors (Lipinski definition) is 4. The highest BCUT2D eigenvalue weighted by Gasteiger charge is 2.16. The Morgan fingerprint density at radius 2 is 0.800 bits per heavy atom. The molecule has 0 spiro atoms. The molecule has 9 aromatic rings. The summed E-state index contributed by atoms with van der Waals surface area (Å²) >= 11 is 0. The molecule has 2 aromatic heterocycles. The van der Waals surface area contributed by atoms with E-state index < -0.39 is 0 Å². The minimum Gasteiger partial charge on any atom is -0.248 e. The molecule has 0 aliphatic carbocycles. The van der Waals surface area contributed by atoms with Gasteiger partial charge < -0.3 is 0 Å². The molecular formula is C46H30N4. The molecule has 0 saturated heterocycles. The molecule has 0 radical (unpaired) electrons. The van der Waals surface area contributed by atoms with Gasteiger partial charge in [0.05, 0.1) is 11.2 Å². The largest absolute Gasteiger partial charge is 0.248 e. The first-order chi connectivity index (χ1) is 24.8. The normalized spacial score (nSPS) is 11.2. The van der Waals surface area contributed by atoms with Crippen molar-refractivity contribution in [1.29, 1.82) is 0 Å². The fourth-order valence-corrected chi connectivity index (χ4v) is 6.62. The lowest BCUT2D eigenvalue weighted by atomic mass is 9.93. The van der Waals surface area contributed by atoms with E-state index in [4.69, 9.17) is 19.9 Å². The third-order valence-electron chi connectivity index (χ3n) is 9.10. The van der Waals surface area contributed by atoms with Gasteiger partial charge in [-0.05, 0) is 57.3 Å². The van der Waals surface area contributed by atoms with Gasteiger partial charge in [0.2, 0.25) is 0 Å². The molecule has 234 valence electrons. The van der Waals surface area contributed by atoms with E-state index in [-0.39, 0.29) is 0 Å². The Balaban J connectivity index is 1.26. The third kappa shape index (κ3) is 5.59. The molecule has 0 N–H and O–H groups in total. The average molecular weight is 639 g/mol. The monoisotopic (exact) mass is 638 g/mol. The Labute approximate surface area is 290 Å². The predicted octanol–water partition coefficient (Wildman–Crippen LogP) is 11.6. The molecule has 0 saturated carbocycles. The van der Waals surface area contributed by atoms with Gasteiger partial charge in [-0.25, -0.2) is 19.9 Å². The average Bonchev–Trinajstić information content (AvgIpc) is 3.21. The summed E-state index contributed by atoms with van der Waals surface area (Å²) in [6.45, 7) is 0. The molecule has 0 amide bonds. The second kappa shape index (κ2) is 12.7. The van der Waals surface area contributed by atoms with Crippen LogP contribution in [0.5, 0.6) is 0 Å². The molecule has 0 fully saturated rings. The maximum absolute atomic E-state index is 5.18. The van der Waals surface area contributed by atoms with Crippen LogP contribution in [0.1, 0.15) is 0 Å². The van der Waals surface area contributed by atoms with E-state index in [1.165, 1.54) is 0 Å². The standard InChI is InChI=1S/C46H30N4/c1-5-14-31(15-6-1)36-22-13-23-37(28-36)45-48-44(35-20-11-4-12-21-35)49-46(50-45)38-25-24-33-26-27-41-43(39(33)29-38)40(32-16-7-2-8-17-32)30-42(47-41)34-18-9-3-10-19-34/h1-30H. The number of nitrogens with zero attached hydrogens (tertiary/aromatic N) is 4. The van der Waals surface area contributed by atoms with Crippen molar-refractivity contribution in [2.45, 2.75) is 0 Å². The van der Waals surface area contributed by atoms with Crippen LogP contribution < -0.4 is 0 Å². The number of pyridine rings is 1. The minimum atomic E-state index is 0.619. The molecular weight excluding hydrogens is 609 g/mol. The van der Waals surface area contributed by atoms with Gasteiger partial charge in [-0.2, -0.15) is 0 Å². The van der Waals surface area contributed by atoms with Crippen LogP contribution in [-0.2, 0) is 0 Å². The lowest BCUT2D eigenvalue weighted by Crippen LogP contribution is -2.00. The van der Waals surface area contributed by atoms with Gasteiger partial charge in [-0.3, -0.25) is 0 Å². The Morgan fingerprint density at radius 3 is 1.46 bits per heavy atom. The van der Waals surface area contributed by atoms with Crippen LogP contribution in [0.25, 0.3) is 89.4 Å². The van der Waals surface area contributed by atoms with E-state index in [9.17, 15) is 0 Å². The predicted molar refractivity (Wildman–Crippen MR) is 205 cm³/mol. The van der Waals surface area contributed by atoms with Crippen LogP contribution in [0.3, 0.4) is 0 Å². The van der Waals surface area contributed by atoms with Crippen molar-refractivity contribution in [2.24, 2.45) is 0 Å². The summed E-state index contributed by atoms with van der Waals surface area (Å²) in [5.41, 5.74) is 10.3. The highest BCUT2D eigenvalue weighted by atomic mass is 15.0. The number of rotatable bonds is 6. The van der Waals surface area contributed by atoms with Crippen molar-refractivity contribution in [3.63, 3.8) is 0 Å². The Bertz CT molecular complexity index is 2620. The topological polar surface area (TPSA) is 51.6 Å². The van der Waals surface area contributed by atoms with Gasteiger partial charge in [0.25, 0.3) is 0 Å². The summed E-state index contributed by atoms with van der Waals surface area (Å²) < 4.78 is 0. The number of hydrogen-bond donors (Lipinski definition) is 0. The molecule has 7 aromatic carbocycles. The van der Waals surface area contributed by atoms with E-state index in [1.54, 1.807) is 0 Å². The first-order valence-corrected chi connectivity index (χ1v) is 16.7. The van der Waals surface area contributed by atoms with Crippen molar-refractivity contribution in [1.82, 2.24) is 19.9 Å². The van der Waals surface area contributed by atoms with E-state index >= 15 is 0 Å².